The van der Waals surface area contributed by atoms with Crippen molar-refractivity contribution >= 4 is 51.4 Å². The standard InChI is InChI=1S/C17H12Cl2N4O4/c1-9(16(24)22-13-4-2-3-12(18)15(13)19)27-17-11-6-5-10(23(25)26)7-14(11)20-8-21-17/h2-9H,1H3,(H,22,24)/t9-/m0/s1. The van der Waals surface area contributed by atoms with Crippen LogP contribution in [0.15, 0.2) is 42.7 Å². The van der Waals surface area contributed by atoms with Gasteiger partial charge in [-0.25, -0.2) is 9.97 Å². The molecule has 0 aliphatic carbocycles. The number of nitrogens with zero attached hydrogens (tertiary/aromatic N) is 3. The van der Waals surface area contributed by atoms with Gasteiger partial charge in [-0.2, -0.15) is 0 Å². The van der Waals surface area contributed by atoms with Gasteiger partial charge in [0.25, 0.3) is 11.6 Å². The van der Waals surface area contributed by atoms with Crippen molar-refractivity contribution in [3.8, 4) is 5.88 Å². The van der Waals surface area contributed by atoms with Crippen molar-refractivity contribution in [2.45, 2.75) is 13.0 Å². The molecular weight excluding hydrogens is 395 g/mol. The van der Waals surface area contributed by atoms with Crippen molar-refractivity contribution in [3.05, 3.63) is 62.9 Å². The summed E-state index contributed by atoms with van der Waals surface area (Å²) in [6.07, 6.45) is 0.285. The molecule has 0 bridgehead atoms. The Bertz CT molecular complexity index is 1040. The highest BCUT2D eigenvalue weighted by atomic mass is 35.5. The van der Waals surface area contributed by atoms with Crippen LogP contribution < -0.4 is 10.1 Å². The predicted molar refractivity (Wildman–Crippen MR) is 101 cm³/mol. The number of nitro groups is 1. The van der Waals surface area contributed by atoms with Crippen LogP contribution >= 0.6 is 23.2 Å². The van der Waals surface area contributed by atoms with Gasteiger partial charge in [0.2, 0.25) is 5.88 Å². The third-order valence-corrected chi connectivity index (χ3v) is 4.48. The SMILES string of the molecule is C[C@H](Oc1ncnc2cc([N+](=O)[O-])ccc12)C(=O)Nc1cccc(Cl)c1Cl. The number of fused-ring (bicyclic) bond motifs is 1. The number of nitro benzene ring substituents is 1. The lowest BCUT2D eigenvalue weighted by Crippen LogP contribution is -2.30. The first-order chi connectivity index (χ1) is 12.9. The van der Waals surface area contributed by atoms with Crippen LogP contribution in [0, 0.1) is 10.1 Å². The fourth-order valence-electron chi connectivity index (χ4n) is 2.28. The maximum Gasteiger partial charge on any atom is 0.271 e. The number of hydrogen-bond acceptors (Lipinski definition) is 6. The maximum atomic E-state index is 12.4. The van der Waals surface area contributed by atoms with Crippen LogP contribution in [0.4, 0.5) is 11.4 Å². The number of amides is 1. The molecular formula is C17H12Cl2N4O4. The number of carbonyl (C=O) groups is 1. The van der Waals surface area contributed by atoms with Crippen molar-refractivity contribution in [2.24, 2.45) is 0 Å². The lowest BCUT2D eigenvalue weighted by molar-refractivity contribution is -0.384. The van der Waals surface area contributed by atoms with E-state index < -0.39 is 16.9 Å². The summed E-state index contributed by atoms with van der Waals surface area (Å²) in [5, 5.41) is 14.5. The van der Waals surface area contributed by atoms with E-state index in [4.69, 9.17) is 27.9 Å². The van der Waals surface area contributed by atoms with E-state index in [0.717, 1.165) is 0 Å². The molecule has 1 heterocycles. The summed E-state index contributed by atoms with van der Waals surface area (Å²) in [5.74, 6) is -0.331. The molecule has 0 saturated heterocycles. The topological polar surface area (TPSA) is 107 Å². The zero-order valence-electron chi connectivity index (χ0n) is 13.8. The van der Waals surface area contributed by atoms with Crippen LogP contribution in [-0.2, 0) is 4.79 Å². The fourth-order valence-corrected chi connectivity index (χ4v) is 2.63. The fraction of sp³-hybridized carbons (Fsp3) is 0.118. The number of aromatic nitrogens is 2. The monoisotopic (exact) mass is 406 g/mol. The molecule has 0 saturated carbocycles. The Morgan fingerprint density at radius 1 is 1.26 bits per heavy atom. The van der Waals surface area contributed by atoms with Crippen LogP contribution in [0.3, 0.4) is 0 Å². The highest BCUT2D eigenvalue weighted by Gasteiger charge is 2.19. The summed E-state index contributed by atoms with van der Waals surface area (Å²) >= 11 is 12.0. The second kappa shape index (κ2) is 7.73. The molecule has 0 aliphatic heterocycles. The second-order valence-corrected chi connectivity index (χ2v) is 6.27. The first kappa shape index (κ1) is 18.8. The van der Waals surface area contributed by atoms with Gasteiger partial charge in [0, 0.05) is 12.1 Å². The zero-order valence-corrected chi connectivity index (χ0v) is 15.4. The van der Waals surface area contributed by atoms with Gasteiger partial charge in [0.1, 0.15) is 6.33 Å². The highest BCUT2D eigenvalue weighted by Crippen LogP contribution is 2.30. The van der Waals surface area contributed by atoms with E-state index in [9.17, 15) is 14.9 Å². The molecule has 0 spiro atoms. The number of nitrogens with one attached hydrogen (secondary N) is 1. The Hall–Kier alpha value is -2.97. The Morgan fingerprint density at radius 3 is 2.78 bits per heavy atom. The molecule has 138 valence electrons. The molecule has 2 aromatic carbocycles. The number of non-ortho nitro benzene ring substituents is 1. The maximum absolute atomic E-state index is 12.4. The Kier molecular flexibility index (Phi) is 5.38. The van der Waals surface area contributed by atoms with Crippen molar-refractivity contribution in [1.82, 2.24) is 9.97 Å². The van der Waals surface area contributed by atoms with Gasteiger partial charge in [0.05, 0.1) is 31.6 Å². The second-order valence-electron chi connectivity index (χ2n) is 5.49. The summed E-state index contributed by atoms with van der Waals surface area (Å²) in [4.78, 5) is 30.8. The van der Waals surface area contributed by atoms with E-state index >= 15 is 0 Å². The highest BCUT2D eigenvalue weighted by molar-refractivity contribution is 6.44. The van der Waals surface area contributed by atoms with Crippen LogP contribution in [0.5, 0.6) is 5.88 Å². The zero-order chi connectivity index (χ0) is 19.6. The molecule has 0 unspecified atom stereocenters. The van der Waals surface area contributed by atoms with Crippen molar-refractivity contribution in [3.63, 3.8) is 0 Å². The molecule has 1 aromatic heterocycles. The molecule has 1 atom stereocenters. The molecule has 1 amide bonds. The van der Waals surface area contributed by atoms with Gasteiger partial charge in [-0.15, -0.1) is 0 Å². The van der Waals surface area contributed by atoms with Crippen molar-refractivity contribution < 1.29 is 14.5 Å². The summed E-state index contributed by atoms with van der Waals surface area (Å²) in [6.45, 7) is 1.53. The molecule has 1 N–H and O–H groups in total. The summed E-state index contributed by atoms with van der Waals surface area (Å²) in [5.41, 5.74) is 0.584. The largest absolute Gasteiger partial charge is 0.464 e. The van der Waals surface area contributed by atoms with Gasteiger partial charge in [-0.05, 0) is 25.1 Å². The van der Waals surface area contributed by atoms with E-state index in [1.54, 1.807) is 18.2 Å². The molecule has 0 fully saturated rings. The van der Waals surface area contributed by atoms with Crippen LogP contribution in [0.25, 0.3) is 10.9 Å². The van der Waals surface area contributed by atoms with E-state index in [-0.39, 0.29) is 16.6 Å². The quantitative estimate of drug-likeness (QED) is 0.501. The lowest BCUT2D eigenvalue weighted by Gasteiger charge is -2.15. The number of hydrogen-bond donors (Lipinski definition) is 1. The molecule has 27 heavy (non-hydrogen) atoms. The van der Waals surface area contributed by atoms with Gasteiger partial charge in [-0.1, -0.05) is 29.3 Å². The lowest BCUT2D eigenvalue weighted by atomic mass is 10.2. The molecule has 3 aromatic rings. The number of anilines is 1. The van der Waals surface area contributed by atoms with E-state index in [0.29, 0.717) is 21.6 Å². The smallest absolute Gasteiger partial charge is 0.271 e. The minimum absolute atomic E-state index is 0.103. The number of halogens is 2. The molecule has 3 rings (SSSR count). The summed E-state index contributed by atoms with van der Waals surface area (Å²) in [7, 11) is 0. The minimum Gasteiger partial charge on any atom is -0.464 e. The van der Waals surface area contributed by atoms with Gasteiger partial charge < -0.3 is 10.1 Å². The minimum atomic E-state index is -0.923. The number of benzene rings is 2. The number of rotatable bonds is 5. The van der Waals surface area contributed by atoms with Crippen LogP contribution in [0.1, 0.15) is 6.92 Å². The normalized spacial score (nSPS) is 11.8. The van der Waals surface area contributed by atoms with Gasteiger partial charge in [-0.3, -0.25) is 14.9 Å². The molecule has 0 radical (unpaired) electrons. The van der Waals surface area contributed by atoms with E-state index in [1.165, 1.54) is 31.5 Å². The molecule has 0 aliphatic rings. The summed E-state index contributed by atoms with van der Waals surface area (Å²) < 4.78 is 5.62. The Labute approximate surface area is 163 Å². The third kappa shape index (κ3) is 4.07. The van der Waals surface area contributed by atoms with Crippen LogP contribution in [-0.4, -0.2) is 26.9 Å². The van der Waals surface area contributed by atoms with Gasteiger partial charge >= 0.3 is 0 Å². The predicted octanol–water partition coefficient (Wildman–Crippen LogP) is 4.25. The van der Waals surface area contributed by atoms with Crippen molar-refractivity contribution in [1.29, 1.82) is 0 Å². The Balaban J connectivity index is 1.81. The van der Waals surface area contributed by atoms with Crippen LogP contribution in [0.2, 0.25) is 10.0 Å². The Morgan fingerprint density at radius 2 is 2.04 bits per heavy atom. The average Bonchev–Trinajstić information content (AvgIpc) is 2.65. The third-order valence-electron chi connectivity index (χ3n) is 3.66. The van der Waals surface area contributed by atoms with E-state index in [2.05, 4.69) is 15.3 Å². The first-order valence-electron chi connectivity index (χ1n) is 7.67. The molecule has 8 nitrogen and oxygen atoms in total. The first-order valence-corrected chi connectivity index (χ1v) is 8.43. The van der Waals surface area contributed by atoms with Crippen molar-refractivity contribution in [2.75, 3.05) is 5.32 Å². The number of carbonyl (C=O) groups excluding carboxylic acids is 1. The molecule has 10 heteroatoms. The van der Waals surface area contributed by atoms with Gasteiger partial charge in [0.15, 0.2) is 6.10 Å². The number of ether oxygens (including phenoxy) is 1. The summed E-state index contributed by atoms with van der Waals surface area (Å²) in [6, 6.07) is 8.96. The van der Waals surface area contributed by atoms with E-state index in [1.807, 2.05) is 0 Å². The average molecular weight is 407 g/mol.